The van der Waals surface area contributed by atoms with Crippen LogP contribution in [0.4, 0.5) is 11.5 Å². The van der Waals surface area contributed by atoms with Crippen LogP contribution in [0.3, 0.4) is 0 Å². The number of benzene rings is 1. The van der Waals surface area contributed by atoms with Crippen LogP contribution in [0.25, 0.3) is 0 Å². The summed E-state index contributed by atoms with van der Waals surface area (Å²) in [6.45, 7) is 5.16. The van der Waals surface area contributed by atoms with Gasteiger partial charge >= 0.3 is 0 Å². The van der Waals surface area contributed by atoms with Gasteiger partial charge in [-0.25, -0.2) is 4.98 Å². The summed E-state index contributed by atoms with van der Waals surface area (Å²) >= 11 is 0. The van der Waals surface area contributed by atoms with Gasteiger partial charge in [-0.1, -0.05) is 19.1 Å². The molecular formula is C17H18N4O2. The highest BCUT2D eigenvalue weighted by Gasteiger charge is 2.15. The zero-order valence-corrected chi connectivity index (χ0v) is 13.2. The molecule has 0 spiro atoms. The molecule has 1 aromatic carbocycles. The van der Waals surface area contributed by atoms with Crippen LogP contribution in [0.2, 0.25) is 0 Å². The van der Waals surface area contributed by atoms with E-state index in [4.69, 9.17) is 5.26 Å². The standard InChI is InChI=1S/C17H18N4O2/c1-3-10-20(12-15-6-4-14(11-18)5-7-15)17-9-8-16(21(22)23)13(2)19-17/h4-9H,3,10,12H2,1-2H3. The molecule has 0 fully saturated rings. The Morgan fingerprint density at radius 2 is 1.96 bits per heavy atom. The molecular weight excluding hydrogens is 292 g/mol. The molecule has 1 heterocycles. The molecule has 0 aliphatic carbocycles. The number of hydrogen-bond donors (Lipinski definition) is 0. The van der Waals surface area contributed by atoms with Crippen molar-refractivity contribution in [3.8, 4) is 6.07 Å². The molecule has 0 N–H and O–H groups in total. The van der Waals surface area contributed by atoms with Gasteiger partial charge in [0.05, 0.1) is 16.6 Å². The Morgan fingerprint density at radius 1 is 1.26 bits per heavy atom. The minimum Gasteiger partial charge on any atom is -0.352 e. The predicted molar refractivity (Wildman–Crippen MR) is 88.1 cm³/mol. The van der Waals surface area contributed by atoms with Gasteiger partial charge in [-0.3, -0.25) is 10.1 Å². The number of aryl methyl sites for hydroxylation is 1. The van der Waals surface area contributed by atoms with E-state index < -0.39 is 4.92 Å². The quantitative estimate of drug-likeness (QED) is 0.601. The summed E-state index contributed by atoms with van der Waals surface area (Å²) in [5, 5.41) is 19.8. The van der Waals surface area contributed by atoms with Gasteiger partial charge in [0.25, 0.3) is 5.69 Å². The van der Waals surface area contributed by atoms with Crippen LogP contribution in [0, 0.1) is 28.4 Å². The van der Waals surface area contributed by atoms with Crippen molar-refractivity contribution in [2.24, 2.45) is 0 Å². The summed E-state index contributed by atoms with van der Waals surface area (Å²) < 4.78 is 0. The van der Waals surface area contributed by atoms with E-state index in [1.54, 1.807) is 25.1 Å². The van der Waals surface area contributed by atoms with E-state index in [2.05, 4.69) is 22.9 Å². The van der Waals surface area contributed by atoms with E-state index in [9.17, 15) is 10.1 Å². The molecule has 1 aromatic heterocycles. The molecule has 23 heavy (non-hydrogen) atoms. The first-order valence-electron chi connectivity index (χ1n) is 7.41. The van der Waals surface area contributed by atoms with Crippen LogP contribution in [0.15, 0.2) is 36.4 Å². The molecule has 0 saturated carbocycles. The maximum Gasteiger partial charge on any atom is 0.290 e. The number of nitrogens with zero attached hydrogens (tertiary/aromatic N) is 4. The monoisotopic (exact) mass is 310 g/mol. The first-order chi connectivity index (χ1) is 11.0. The largest absolute Gasteiger partial charge is 0.352 e. The first kappa shape index (κ1) is 16.4. The van der Waals surface area contributed by atoms with Crippen molar-refractivity contribution in [2.75, 3.05) is 11.4 Å². The molecule has 6 heteroatoms. The summed E-state index contributed by atoms with van der Waals surface area (Å²) in [5.41, 5.74) is 2.13. The molecule has 0 radical (unpaired) electrons. The van der Waals surface area contributed by atoms with Crippen LogP contribution in [-0.4, -0.2) is 16.5 Å². The zero-order valence-electron chi connectivity index (χ0n) is 13.2. The smallest absolute Gasteiger partial charge is 0.290 e. The van der Waals surface area contributed by atoms with E-state index >= 15 is 0 Å². The number of hydrogen-bond acceptors (Lipinski definition) is 5. The van der Waals surface area contributed by atoms with E-state index in [-0.39, 0.29) is 5.69 Å². The molecule has 0 amide bonds. The molecule has 0 unspecified atom stereocenters. The van der Waals surface area contributed by atoms with E-state index in [0.717, 1.165) is 24.3 Å². The van der Waals surface area contributed by atoms with Crippen molar-refractivity contribution in [1.29, 1.82) is 5.26 Å². The first-order valence-corrected chi connectivity index (χ1v) is 7.41. The molecule has 0 aliphatic heterocycles. The molecule has 6 nitrogen and oxygen atoms in total. The third-order valence-electron chi connectivity index (χ3n) is 3.51. The van der Waals surface area contributed by atoms with Crippen molar-refractivity contribution < 1.29 is 4.92 Å². The second-order valence-corrected chi connectivity index (χ2v) is 5.26. The van der Waals surface area contributed by atoms with Crippen molar-refractivity contribution >= 4 is 11.5 Å². The van der Waals surface area contributed by atoms with Crippen molar-refractivity contribution in [2.45, 2.75) is 26.8 Å². The number of aromatic nitrogens is 1. The average Bonchev–Trinajstić information content (AvgIpc) is 2.54. The molecule has 0 aliphatic rings. The van der Waals surface area contributed by atoms with Gasteiger partial charge in [0.1, 0.15) is 11.5 Å². The fraction of sp³-hybridized carbons (Fsp3) is 0.294. The van der Waals surface area contributed by atoms with Crippen LogP contribution in [-0.2, 0) is 6.54 Å². The lowest BCUT2D eigenvalue weighted by Crippen LogP contribution is -2.24. The normalized spacial score (nSPS) is 10.1. The molecule has 2 rings (SSSR count). The van der Waals surface area contributed by atoms with Crippen LogP contribution < -0.4 is 4.90 Å². The molecule has 0 bridgehead atoms. The number of nitriles is 1. The van der Waals surface area contributed by atoms with E-state index in [1.807, 2.05) is 12.1 Å². The third-order valence-corrected chi connectivity index (χ3v) is 3.51. The fourth-order valence-corrected chi connectivity index (χ4v) is 2.36. The third kappa shape index (κ3) is 4.04. The maximum absolute atomic E-state index is 10.9. The lowest BCUT2D eigenvalue weighted by Gasteiger charge is -2.23. The van der Waals surface area contributed by atoms with Gasteiger partial charge in [-0.2, -0.15) is 5.26 Å². The Kier molecular flexibility index (Phi) is 5.26. The number of rotatable bonds is 6. The van der Waals surface area contributed by atoms with Crippen molar-refractivity contribution in [1.82, 2.24) is 4.98 Å². The summed E-state index contributed by atoms with van der Waals surface area (Å²) in [6.07, 6.45) is 0.938. The van der Waals surface area contributed by atoms with E-state index in [0.29, 0.717) is 17.8 Å². The summed E-state index contributed by atoms with van der Waals surface area (Å²) in [5.74, 6) is 0.722. The number of anilines is 1. The highest BCUT2D eigenvalue weighted by molar-refractivity contribution is 5.47. The minimum absolute atomic E-state index is 0.0311. The molecule has 0 atom stereocenters. The maximum atomic E-state index is 10.9. The van der Waals surface area contributed by atoms with Crippen molar-refractivity contribution in [3.63, 3.8) is 0 Å². The van der Waals surface area contributed by atoms with Crippen LogP contribution >= 0.6 is 0 Å². The highest BCUT2D eigenvalue weighted by Crippen LogP contribution is 2.22. The Hall–Kier alpha value is -2.94. The van der Waals surface area contributed by atoms with Crippen molar-refractivity contribution in [3.05, 3.63) is 63.3 Å². The van der Waals surface area contributed by atoms with Crippen LogP contribution in [0.5, 0.6) is 0 Å². The van der Waals surface area contributed by atoms with Gasteiger partial charge in [0.15, 0.2) is 0 Å². The highest BCUT2D eigenvalue weighted by atomic mass is 16.6. The predicted octanol–water partition coefficient (Wildman–Crippen LogP) is 3.59. The molecule has 118 valence electrons. The number of nitro groups is 1. The lowest BCUT2D eigenvalue weighted by atomic mass is 10.1. The lowest BCUT2D eigenvalue weighted by molar-refractivity contribution is -0.385. The van der Waals surface area contributed by atoms with Gasteiger partial charge in [-0.05, 0) is 37.1 Å². The van der Waals surface area contributed by atoms with Gasteiger partial charge < -0.3 is 4.90 Å². The Bertz CT molecular complexity index is 735. The SMILES string of the molecule is CCCN(Cc1ccc(C#N)cc1)c1ccc([N+](=O)[O-])c(C)n1. The summed E-state index contributed by atoms with van der Waals surface area (Å²) in [6, 6.07) is 12.7. The fourth-order valence-electron chi connectivity index (χ4n) is 2.36. The minimum atomic E-state index is -0.420. The second kappa shape index (κ2) is 7.36. The molecule has 2 aromatic rings. The topological polar surface area (TPSA) is 83.1 Å². The summed E-state index contributed by atoms with van der Waals surface area (Å²) in [7, 11) is 0. The Labute approximate surface area is 135 Å². The van der Waals surface area contributed by atoms with Crippen LogP contribution in [0.1, 0.15) is 30.2 Å². The Balaban J connectivity index is 2.25. The Morgan fingerprint density at radius 3 is 2.48 bits per heavy atom. The summed E-state index contributed by atoms with van der Waals surface area (Å²) in [4.78, 5) is 16.9. The van der Waals surface area contributed by atoms with Gasteiger partial charge in [0, 0.05) is 19.2 Å². The van der Waals surface area contributed by atoms with E-state index in [1.165, 1.54) is 6.07 Å². The average molecular weight is 310 g/mol. The number of pyridine rings is 1. The molecule has 0 saturated heterocycles. The van der Waals surface area contributed by atoms with Gasteiger partial charge in [0.2, 0.25) is 0 Å². The van der Waals surface area contributed by atoms with Gasteiger partial charge in [-0.15, -0.1) is 0 Å². The zero-order chi connectivity index (χ0) is 16.8. The second-order valence-electron chi connectivity index (χ2n) is 5.26.